The van der Waals surface area contributed by atoms with Gasteiger partial charge in [0.2, 0.25) is 11.8 Å². The number of likely N-dealkylation sites (tertiary alicyclic amines) is 1. The zero-order chi connectivity index (χ0) is 23.4. The maximum absolute atomic E-state index is 13.4. The number of carbonyl (C=O) groups is 2. The first-order chi connectivity index (χ1) is 15.9. The average Bonchev–Trinajstić information content (AvgIpc) is 3.28. The lowest BCUT2D eigenvalue weighted by Gasteiger charge is -2.31. The van der Waals surface area contributed by atoms with Crippen molar-refractivity contribution in [2.75, 3.05) is 27.2 Å². The summed E-state index contributed by atoms with van der Waals surface area (Å²) in [6, 6.07) is 22.2. The van der Waals surface area contributed by atoms with Crippen molar-refractivity contribution in [3.63, 3.8) is 0 Å². The monoisotopic (exact) mass is 441 g/mol. The van der Waals surface area contributed by atoms with Gasteiger partial charge in [-0.2, -0.15) is 0 Å². The highest BCUT2D eigenvalue weighted by Gasteiger charge is 2.47. The first-order valence-electron chi connectivity index (χ1n) is 11.4. The Bertz CT molecular complexity index is 1110. The van der Waals surface area contributed by atoms with Crippen molar-refractivity contribution in [3.8, 4) is 11.1 Å². The lowest BCUT2D eigenvalue weighted by Crippen LogP contribution is -2.45. The van der Waals surface area contributed by atoms with Gasteiger partial charge in [0.1, 0.15) is 0 Å². The second-order valence-corrected chi connectivity index (χ2v) is 9.24. The molecule has 0 saturated carbocycles. The summed E-state index contributed by atoms with van der Waals surface area (Å²) in [7, 11) is 3.60. The van der Waals surface area contributed by atoms with E-state index in [1.807, 2.05) is 60.4 Å². The lowest BCUT2D eigenvalue weighted by molar-refractivity contribution is -0.139. The first kappa shape index (κ1) is 22.7. The Balaban J connectivity index is 1.58. The molecule has 0 N–H and O–H groups in total. The lowest BCUT2D eigenvalue weighted by atomic mass is 9.79. The summed E-state index contributed by atoms with van der Waals surface area (Å²) in [6.07, 6.45) is 4.84. The highest BCUT2D eigenvalue weighted by molar-refractivity contribution is 5.87. The van der Waals surface area contributed by atoms with Crippen LogP contribution in [0.15, 0.2) is 79.1 Å². The van der Waals surface area contributed by atoms with Gasteiger partial charge in [0, 0.05) is 39.6 Å². The van der Waals surface area contributed by atoms with Crippen molar-refractivity contribution < 1.29 is 9.59 Å². The molecule has 33 heavy (non-hydrogen) atoms. The van der Waals surface area contributed by atoms with Crippen molar-refractivity contribution in [3.05, 3.63) is 90.3 Å². The molecule has 2 heterocycles. The predicted octanol–water partition coefficient (Wildman–Crippen LogP) is 4.40. The number of carbonyl (C=O) groups excluding carboxylic acids is 2. The first-order valence-corrected chi connectivity index (χ1v) is 11.4. The van der Waals surface area contributed by atoms with E-state index in [1.54, 1.807) is 31.4 Å². The quantitative estimate of drug-likeness (QED) is 0.570. The average molecular weight is 442 g/mol. The van der Waals surface area contributed by atoms with E-state index in [0.717, 1.165) is 22.3 Å². The van der Waals surface area contributed by atoms with Gasteiger partial charge in [-0.25, -0.2) is 0 Å². The Morgan fingerprint density at radius 2 is 1.73 bits per heavy atom. The van der Waals surface area contributed by atoms with Crippen molar-refractivity contribution >= 4 is 11.8 Å². The van der Waals surface area contributed by atoms with Crippen LogP contribution < -0.4 is 0 Å². The van der Waals surface area contributed by atoms with E-state index < -0.39 is 5.41 Å². The highest BCUT2D eigenvalue weighted by atomic mass is 16.2. The largest absolute Gasteiger partial charge is 0.348 e. The Morgan fingerprint density at radius 1 is 1.00 bits per heavy atom. The molecule has 1 aliphatic heterocycles. The maximum atomic E-state index is 13.4. The van der Waals surface area contributed by atoms with Crippen LogP contribution in [0.3, 0.4) is 0 Å². The fourth-order valence-electron chi connectivity index (χ4n) is 4.88. The smallest absolute Gasteiger partial charge is 0.230 e. The van der Waals surface area contributed by atoms with Crippen LogP contribution in [0, 0.1) is 5.41 Å². The minimum atomic E-state index is -0.619. The van der Waals surface area contributed by atoms with Crippen LogP contribution in [-0.2, 0) is 16.0 Å². The summed E-state index contributed by atoms with van der Waals surface area (Å²) in [5, 5.41) is 0. The van der Waals surface area contributed by atoms with Crippen molar-refractivity contribution in [1.29, 1.82) is 0 Å². The number of hydrogen-bond donors (Lipinski definition) is 0. The number of rotatable bonds is 6. The van der Waals surface area contributed by atoms with Gasteiger partial charge in [0.15, 0.2) is 0 Å². The Morgan fingerprint density at radius 3 is 2.42 bits per heavy atom. The van der Waals surface area contributed by atoms with Gasteiger partial charge >= 0.3 is 0 Å². The van der Waals surface area contributed by atoms with E-state index in [2.05, 4.69) is 23.2 Å². The van der Waals surface area contributed by atoms with Gasteiger partial charge in [-0.15, -0.1) is 0 Å². The number of aromatic nitrogens is 1. The minimum absolute atomic E-state index is 0.0829. The van der Waals surface area contributed by atoms with E-state index in [1.165, 1.54) is 0 Å². The molecule has 2 aromatic carbocycles. The fourth-order valence-corrected chi connectivity index (χ4v) is 4.88. The molecule has 2 atom stereocenters. The molecule has 170 valence electrons. The van der Waals surface area contributed by atoms with E-state index in [-0.39, 0.29) is 17.7 Å². The molecule has 5 nitrogen and oxygen atoms in total. The zero-order valence-electron chi connectivity index (χ0n) is 19.6. The molecule has 0 radical (unpaired) electrons. The Labute approximate surface area is 196 Å². The predicted molar refractivity (Wildman–Crippen MR) is 131 cm³/mol. The van der Waals surface area contributed by atoms with Crippen LogP contribution in [-0.4, -0.2) is 53.8 Å². The minimum Gasteiger partial charge on any atom is -0.348 e. The van der Waals surface area contributed by atoms with Gasteiger partial charge in [-0.3, -0.25) is 14.6 Å². The van der Waals surface area contributed by atoms with Crippen LogP contribution in [0.2, 0.25) is 0 Å². The second-order valence-electron chi connectivity index (χ2n) is 9.24. The summed E-state index contributed by atoms with van der Waals surface area (Å²) in [5.41, 5.74) is 3.69. The third-order valence-corrected chi connectivity index (χ3v) is 6.68. The molecule has 3 aromatic rings. The summed E-state index contributed by atoms with van der Waals surface area (Å²) in [5.74, 6) is -0.0638. The van der Waals surface area contributed by atoms with Gasteiger partial charge in [0.05, 0.1) is 11.3 Å². The topological polar surface area (TPSA) is 53.5 Å². The molecule has 0 spiro atoms. The standard InChI is InChI=1S/C28H31N3O2/c1-21(23-9-5-4-6-10-23)26(32)31-17-14-28(20-31,27(33)30(2)3)19-22-8-7-11-25(18-22)24-12-15-29-16-13-24/h4-13,15-16,18,21H,14,17,19-20H2,1-3H3/t21-,28+/m1/s1. The highest BCUT2D eigenvalue weighted by Crippen LogP contribution is 2.38. The van der Waals surface area contributed by atoms with Crippen LogP contribution in [0.1, 0.15) is 30.4 Å². The van der Waals surface area contributed by atoms with Crippen LogP contribution in [0.25, 0.3) is 11.1 Å². The molecular formula is C28H31N3O2. The van der Waals surface area contributed by atoms with Crippen molar-refractivity contribution in [2.24, 2.45) is 5.41 Å². The SMILES string of the molecule is C[C@@H](C(=O)N1CC[C@@](Cc2cccc(-c3ccncc3)c2)(C(=O)N(C)C)C1)c1ccccc1. The molecule has 1 aliphatic rings. The number of nitrogens with zero attached hydrogens (tertiary/aromatic N) is 3. The molecule has 0 bridgehead atoms. The van der Waals surface area contributed by atoms with Gasteiger partial charge in [-0.05, 0) is 54.2 Å². The molecule has 4 rings (SSSR count). The summed E-state index contributed by atoms with van der Waals surface area (Å²) in [6.45, 7) is 2.99. The van der Waals surface area contributed by atoms with Crippen LogP contribution in [0.5, 0.6) is 0 Å². The molecule has 0 unspecified atom stereocenters. The fraction of sp³-hybridized carbons (Fsp3) is 0.321. The van der Waals surface area contributed by atoms with E-state index in [9.17, 15) is 9.59 Å². The summed E-state index contributed by atoms with van der Waals surface area (Å²) >= 11 is 0. The molecule has 1 aromatic heterocycles. The summed E-state index contributed by atoms with van der Waals surface area (Å²) < 4.78 is 0. The van der Waals surface area contributed by atoms with Gasteiger partial charge in [0.25, 0.3) is 0 Å². The van der Waals surface area contributed by atoms with Crippen molar-refractivity contribution in [1.82, 2.24) is 14.8 Å². The zero-order valence-corrected chi connectivity index (χ0v) is 19.6. The maximum Gasteiger partial charge on any atom is 0.230 e. The number of pyridine rings is 1. The number of amides is 2. The van der Waals surface area contributed by atoms with E-state index >= 15 is 0 Å². The molecular weight excluding hydrogens is 410 g/mol. The van der Waals surface area contributed by atoms with Crippen LogP contribution >= 0.6 is 0 Å². The number of hydrogen-bond acceptors (Lipinski definition) is 3. The third-order valence-electron chi connectivity index (χ3n) is 6.68. The molecule has 5 heteroatoms. The summed E-state index contributed by atoms with van der Waals surface area (Å²) in [4.78, 5) is 34.4. The van der Waals surface area contributed by atoms with Gasteiger partial charge in [-0.1, -0.05) is 54.6 Å². The second kappa shape index (κ2) is 9.57. The number of benzene rings is 2. The Hall–Kier alpha value is -3.47. The molecule has 1 fully saturated rings. The van der Waals surface area contributed by atoms with Crippen LogP contribution in [0.4, 0.5) is 0 Å². The molecule has 2 amide bonds. The van der Waals surface area contributed by atoms with E-state index in [4.69, 9.17) is 0 Å². The van der Waals surface area contributed by atoms with E-state index in [0.29, 0.717) is 25.9 Å². The molecule has 0 aliphatic carbocycles. The Kier molecular flexibility index (Phi) is 6.59. The van der Waals surface area contributed by atoms with Crippen molar-refractivity contribution in [2.45, 2.75) is 25.7 Å². The normalized spacial score (nSPS) is 18.7. The van der Waals surface area contributed by atoms with Gasteiger partial charge < -0.3 is 9.80 Å². The molecule has 1 saturated heterocycles. The third kappa shape index (κ3) is 4.82.